The van der Waals surface area contributed by atoms with Gasteiger partial charge in [0, 0.05) is 5.56 Å². The zero-order chi connectivity index (χ0) is 13.7. The Balaban J connectivity index is 2.38. The van der Waals surface area contributed by atoms with E-state index in [1.54, 1.807) is 14.2 Å². The Bertz CT molecular complexity index is 460. The monoisotopic (exact) mass is 264 g/mol. The van der Waals surface area contributed by atoms with E-state index in [2.05, 4.69) is 11.5 Å². The molecule has 2 rings (SSSR count). The van der Waals surface area contributed by atoms with E-state index < -0.39 is 0 Å². The van der Waals surface area contributed by atoms with Crippen molar-refractivity contribution in [1.82, 2.24) is 5.43 Å². The van der Waals surface area contributed by atoms with Crippen molar-refractivity contribution in [2.45, 2.75) is 18.9 Å². The molecule has 0 radical (unpaired) electrons. The molecule has 3 N–H and O–H groups in total. The summed E-state index contributed by atoms with van der Waals surface area (Å²) < 4.78 is 16.3. The summed E-state index contributed by atoms with van der Waals surface area (Å²) in [6, 6.07) is 5.39. The summed E-state index contributed by atoms with van der Waals surface area (Å²) in [5.41, 5.74) is 3.69. The zero-order valence-electron chi connectivity index (χ0n) is 11.3. The van der Waals surface area contributed by atoms with Gasteiger partial charge in [-0.05, 0) is 37.1 Å². The first kappa shape index (κ1) is 13.7. The highest BCUT2D eigenvalue weighted by molar-refractivity contribution is 5.44. The number of allylic oxidation sites excluding steroid dienone is 1. The van der Waals surface area contributed by atoms with Gasteiger partial charge in [-0.25, -0.2) is 5.43 Å². The molecule has 5 nitrogen and oxygen atoms in total. The Morgan fingerprint density at radius 2 is 2.16 bits per heavy atom. The summed E-state index contributed by atoms with van der Waals surface area (Å²) in [6.07, 6.45) is 4.10. The number of benzene rings is 1. The highest BCUT2D eigenvalue weighted by Crippen LogP contribution is 2.34. The van der Waals surface area contributed by atoms with Crippen LogP contribution >= 0.6 is 0 Å². The van der Waals surface area contributed by atoms with Crippen molar-refractivity contribution in [3.8, 4) is 11.5 Å². The van der Waals surface area contributed by atoms with E-state index in [1.807, 2.05) is 18.2 Å². The van der Waals surface area contributed by atoms with Crippen LogP contribution in [0.15, 0.2) is 30.0 Å². The van der Waals surface area contributed by atoms with Crippen molar-refractivity contribution in [2.24, 2.45) is 5.84 Å². The Morgan fingerprint density at radius 1 is 1.32 bits per heavy atom. The average molecular weight is 264 g/mol. The van der Waals surface area contributed by atoms with Crippen LogP contribution in [-0.4, -0.2) is 20.8 Å². The molecule has 1 aromatic carbocycles. The summed E-state index contributed by atoms with van der Waals surface area (Å²) >= 11 is 0. The molecule has 0 spiro atoms. The summed E-state index contributed by atoms with van der Waals surface area (Å²) in [7, 11) is 3.27. The first-order valence-corrected chi connectivity index (χ1v) is 6.31. The van der Waals surface area contributed by atoms with Gasteiger partial charge in [-0.15, -0.1) is 0 Å². The molecule has 0 amide bonds. The minimum atomic E-state index is -0.231. The minimum Gasteiger partial charge on any atom is -0.497 e. The standard InChI is InChI=1S/C14H20N2O3/c1-17-10-6-7-12(18-2)11(9-10)14(16-15)13-5-3-4-8-19-13/h5-7,9,14,16H,3-4,8,15H2,1-2H3. The van der Waals surface area contributed by atoms with Gasteiger partial charge in [-0.1, -0.05) is 0 Å². The number of nitrogens with one attached hydrogen (secondary N) is 1. The van der Waals surface area contributed by atoms with E-state index in [0.29, 0.717) is 0 Å². The van der Waals surface area contributed by atoms with E-state index in [0.717, 1.165) is 42.3 Å². The van der Waals surface area contributed by atoms with Crippen LogP contribution in [0.25, 0.3) is 0 Å². The highest BCUT2D eigenvalue weighted by atomic mass is 16.5. The summed E-state index contributed by atoms with van der Waals surface area (Å²) in [4.78, 5) is 0. The van der Waals surface area contributed by atoms with Crippen LogP contribution in [0.3, 0.4) is 0 Å². The van der Waals surface area contributed by atoms with Gasteiger partial charge in [-0.3, -0.25) is 5.84 Å². The first-order valence-electron chi connectivity index (χ1n) is 6.31. The van der Waals surface area contributed by atoms with E-state index in [4.69, 9.17) is 20.1 Å². The van der Waals surface area contributed by atoms with E-state index in [9.17, 15) is 0 Å². The van der Waals surface area contributed by atoms with Crippen LogP contribution < -0.4 is 20.7 Å². The number of hydrogen-bond acceptors (Lipinski definition) is 5. The fourth-order valence-corrected chi connectivity index (χ4v) is 2.17. The molecule has 1 aromatic rings. The highest BCUT2D eigenvalue weighted by Gasteiger charge is 2.22. The van der Waals surface area contributed by atoms with Crippen molar-refractivity contribution in [2.75, 3.05) is 20.8 Å². The number of nitrogens with two attached hydrogens (primary N) is 1. The lowest BCUT2D eigenvalue weighted by Crippen LogP contribution is -2.31. The molecule has 1 heterocycles. The van der Waals surface area contributed by atoms with Crippen molar-refractivity contribution in [1.29, 1.82) is 0 Å². The van der Waals surface area contributed by atoms with Crippen molar-refractivity contribution < 1.29 is 14.2 Å². The van der Waals surface area contributed by atoms with Crippen molar-refractivity contribution in [3.05, 3.63) is 35.6 Å². The molecule has 1 unspecified atom stereocenters. The smallest absolute Gasteiger partial charge is 0.124 e. The number of ether oxygens (including phenoxy) is 3. The van der Waals surface area contributed by atoms with Gasteiger partial charge in [0.2, 0.25) is 0 Å². The quantitative estimate of drug-likeness (QED) is 0.628. The maximum absolute atomic E-state index is 5.68. The van der Waals surface area contributed by atoms with Gasteiger partial charge in [0.25, 0.3) is 0 Å². The second-order valence-electron chi connectivity index (χ2n) is 4.30. The van der Waals surface area contributed by atoms with Gasteiger partial charge < -0.3 is 14.2 Å². The zero-order valence-corrected chi connectivity index (χ0v) is 11.3. The summed E-state index contributed by atoms with van der Waals surface area (Å²) in [5.74, 6) is 8.02. The Labute approximate surface area is 113 Å². The topological polar surface area (TPSA) is 65.7 Å². The van der Waals surface area contributed by atoms with Gasteiger partial charge in [-0.2, -0.15) is 0 Å². The summed E-state index contributed by atoms with van der Waals surface area (Å²) in [6.45, 7) is 0.719. The molecule has 0 aliphatic carbocycles. The van der Waals surface area contributed by atoms with Crippen molar-refractivity contribution in [3.63, 3.8) is 0 Å². The molecule has 1 aliphatic rings. The van der Waals surface area contributed by atoms with Crippen LogP contribution in [-0.2, 0) is 4.74 Å². The van der Waals surface area contributed by atoms with Crippen LogP contribution in [0.1, 0.15) is 24.4 Å². The van der Waals surface area contributed by atoms with E-state index in [-0.39, 0.29) is 6.04 Å². The van der Waals surface area contributed by atoms with Crippen LogP contribution in [0.4, 0.5) is 0 Å². The molecule has 0 aromatic heterocycles. The predicted octanol–water partition coefficient (Wildman–Crippen LogP) is 1.90. The number of hydrogen-bond donors (Lipinski definition) is 2. The molecule has 0 saturated heterocycles. The van der Waals surface area contributed by atoms with Gasteiger partial charge in [0.05, 0.1) is 20.8 Å². The lowest BCUT2D eigenvalue weighted by Gasteiger charge is -2.25. The first-order chi connectivity index (χ1) is 9.30. The molecule has 5 heteroatoms. The fourth-order valence-electron chi connectivity index (χ4n) is 2.17. The van der Waals surface area contributed by atoms with Crippen LogP contribution in [0.5, 0.6) is 11.5 Å². The molecular formula is C14H20N2O3. The predicted molar refractivity (Wildman–Crippen MR) is 72.9 cm³/mol. The van der Waals surface area contributed by atoms with E-state index >= 15 is 0 Å². The molecule has 104 valence electrons. The molecule has 0 fully saturated rings. The third-order valence-electron chi connectivity index (χ3n) is 3.16. The van der Waals surface area contributed by atoms with E-state index in [1.165, 1.54) is 0 Å². The molecule has 1 aliphatic heterocycles. The third-order valence-corrected chi connectivity index (χ3v) is 3.16. The maximum Gasteiger partial charge on any atom is 0.124 e. The van der Waals surface area contributed by atoms with Gasteiger partial charge in [0.1, 0.15) is 23.3 Å². The fraction of sp³-hybridized carbons (Fsp3) is 0.429. The number of methoxy groups -OCH3 is 2. The second-order valence-corrected chi connectivity index (χ2v) is 4.30. The maximum atomic E-state index is 5.68. The largest absolute Gasteiger partial charge is 0.497 e. The SMILES string of the molecule is COc1ccc(OC)c(C(NN)C2=CCCCO2)c1. The van der Waals surface area contributed by atoms with Crippen molar-refractivity contribution >= 4 is 0 Å². The molecular weight excluding hydrogens is 244 g/mol. The molecule has 1 atom stereocenters. The van der Waals surface area contributed by atoms with Gasteiger partial charge in [0.15, 0.2) is 0 Å². The number of hydrazine groups is 1. The third kappa shape index (κ3) is 3.00. The van der Waals surface area contributed by atoms with Crippen LogP contribution in [0, 0.1) is 0 Å². The summed E-state index contributed by atoms with van der Waals surface area (Å²) in [5, 5.41) is 0. The van der Waals surface area contributed by atoms with Gasteiger partial charge >= 0.3 is 0 Å². The molecule has 19 heavy (non-hydrogen) atoms. The average Bonchev–Trinajstić information content (AvgIpc) is 2.49. The van der Waals surface area contributed by atoms with Crippen LogP contribution in [0.2, 0.25) is 0 Å². The molecule has 0 saturated carbocycles. The Hall–Kier alpha value is -1.72. The normalized spacial score (nSPS) is 16.3. The molecule has 0 bridgehead atoms. The Kier molecular flexibility index (Phi) is 4.65. The second kappa shape index (κ2) is 6.45. The minimum absolute atomic E-state index is 0.231. The number of rotatable bonds is 5. The Morgan fingerprint density at radius 3 is 2.74 bits per heavy atom. The lowest BCUT2D eigenvalue weighted by molar-refractivity contribution is 0.167. The lowest BCUT2D eigenvalue weighted by atomic mass is 10.0.